The van der Waals surface area contributed by atoms with E-state index in [1.165, 1.54) is 6.07 Å². The Morgan fingerprint density at radius 2 is 2.12 bits per heavy atom. The summed E-state index contributed by atoms with van der Waals surface area (Å²) in [5.41, 5.74) is 3.24. The molecule has 4 rings (SSSR count). The van der Waals surface area contributed by atoms with E-state index in [9.17, 15) is 4.79 Å². The van der Waals surface area contributed by atoms with Crippen LogP contribution in [0, 0.1) is 12.7 Å². The topological polar surface area (TPSA) is 41.4 Å². The van der Waals surface area contributed by atoms with Crippen molar-refractivity contribution in [3.63, 3.8) is 0 Å². The van der Waals surface area contributed by atoms with E-state index in [-0.39, 0.29) is 16.5 Å². The molecule has 3 aromatic rings. The minimum atomic E-state index is -3.20. The molecule has 1 aromatic carbocycles. The van der Waals surface area contributed by atoms with E-state index < -0.39 is 25.7 Å². The van der Waals surface area contributed by atoms with Crippen LogP contribution >= 0.6 is 15.9 Å². The molecule has 5 nitrogen and oxygen atoms in total. The molecule has 0 fully saturated rings. The van der Waals surface area contributed by atoms with E-state index in [1.54, 1.807) is 13.1 Å². The zero-order valence-corrected chi connectivity index (χ0v) is 19.7. The van der Waals surface area contributed by atoms with Crippen LogP contribution in [-0.4, -0.2) is 52.3 Å². The zero-order chi connectivity index (χ0) is 28.2. The van der Waals surface area contributed by atoms with Crippen molar-refractivity contribution in [1.82, 2.24) is 19.4 Å². The van der Waals surface area contributed by atoms with Crippen LogP contribution in [0.3, 0.4) is 0 Å². The zero-order valence-electron chi connectivity index (χ0n) is 24.1. The summed E-state index contributed by atoms with van der Waals surface area (Å²) in [4.78, 5) is 19.4. The van der Waals surface area contributed by atoms with Gasteiger partial charge in [-0.15, -0.1) is 0 Å². The predicted molar refractivity (Wildman–Crippen MR) is 130 cm³/mol. The number of nitrogens with zero attached hydrogens (tertiary/aromatic N) is 4. The molecular formula is C25H28BrFN4O. The summed E-state index contributed by atoms with van der Waals surface area (Å²) in [5.74, 6) is -1.96. The summed E-state index contributed by atoms with van der Waals surface area (Å²) in [6, 6.07) is 6.38. The highest BCUT2D eigenvalue weighted by molar-refractivity contribution is 9.10. The number of fused-ring (bicyclic) bond motifs is 1. The minimum Gasteiger partial charge on any atom is -0.345 e. The number of halogens is 2. The van der Waals surface area contributed by atoms with E-state index >= 15 is 4.39 Å². The number of benzene rings is 1. The van der Waals surface area contributed by atoms with E-state index in [2.05, 4.69) is 43.4 Å². The fraction of sp³-hybridized carbons (Fsp3) is 0.360. The van der Waals surface area contributed by atoms with E-state index in [0.717, 1.165) is 32.8 Å². The first-order valence-corrected chi connectivity index (χ1v) is 11.1. The Morgan fingerprint density at radius 3 is 2.75 bits per heavy atom. The molecule has 1 aliphatic rings. The van der Waals surface area contributed by atoms with Gasteiger partial charge in [0, 0.05) is 81.2 Å². The minimum absolute atomic E-state index is 0.0793. The molecule has 0 saturated carbocycles. The second kappa shape index (κ2) is 8.79. The number of hydrogen-bond donors (Lipinski definition) is 0. The molecule has 7 heteroatoms. The normalized spacial score (nSPS) is 19.2. The van der Waals surface area contributed by atoms with Gasteiger partial charge < -0.3 is 9.47 Å². The summed E-state index contributed by atoms with van der Waals surface area (Å²) in [6.07, 6.45) is 4.29. The quantitative estimate of drug-likeness (QED) is 0.481. The van der Waals surface area contributed by atoms with Crippen molar-refractivity contribution >= 4 is 38.4 Å². The van der Waals surface area contributed by atoms with Gasteiger partial charge in [-0.1, -0.05) is 6.08 Å². The second-order valence-corrected chi connectivity index (χ2v) is 8.95. The first-order chi connectivity index (χ1) is 17.6. The molecule has 0 aliphatic carbocycles. The highest BCUT2D eigenvalue weighted by Crippen LogP contribution is 2.34. The molecule has 0 radical (unpaired) electrons. The molecule has 2 aromatic heterocycles. The fourth-order valence-corrected chi connectivity index (χ4v) is 4.87. The number of rotatable bonds is 4. The first kappa shape index (κ1) is 16.2. The Balaban J connectivity index is 1.58. The maximum absolute atomic E-state index is 15.3. The van der Waals surface area contributed by atoms with Crippen LogP contribution < -0.4 is 0 Å². The monoisotopic (exact) mass is 504 g/mol. The lowest BCUT2D eigenvalue weighted by molar-refractivity contribution is 0.0827. The van der Waals surface area contributed by atoms with Crippen molar-refractivity contribution < 1.29 is 17.4 Å². The smallest absolute Gasteiger partial charge is 0.253 e. The third kappa shape index (κ3) is 3.99. The average Bonchev–Trinajstić information content (AvgIpc) is 3.14. The van der Waals surface area contributed by atoms with Crippen LogP contribution in [0.25, 0.3) is 16.6 Å². The Bertz CT molecular complexity index is 1390. The SMILES string of the molecule is [2H]C([2H])([2H])N(C(=O)c1cc(C)c(C2=CCN([C@@H](C)c3cc4c(Br)ccnc4n3C)CC2)c(F)c1)C([2H])([2H])[2H]. The summed E-state index contributed by atoms with van der Waals surface area (Å²) >= 11 is 3.59. The molecule has 1 amide bonds. The van der Waals surface area contributed by atoms with Crippen LogP contribution in [0.2, 0.25) is 0 Å². The van der Waals surface area contributed by atoms with Gasteiger partial charge in [-0.05, 0) is 71.6 Å². The van der Waals surface area contributed by atoms with Gasteiger partial charge in [0.05, 0.1) is 0 Å². The lowest BCUT2D eigenvalue weighted by Crippen LogP contribution is -2.32. The maximum Gasteiger partial charge on any atom is 0.253 e. The summed E-state index contributed by atoms with van der Waals surface area (Å²) in [5, 5.41) is 1.04. The molecule has 1 aliphatic heterocycles. The Morgan fingerprint density at radius 1 is 1.34 bits per heavy atom. The number of carbonyl (C=O) groups is 1. The lowest BCUT2D eigenvalue weighted by Gasteiger charge is -2.32. The molecule has 0 saturated heterocycles. The number of amides is 1. The summed E-state index contributed by atoms with van der Waals surface area (Å²) < 4.78 is 63.2. The van der Waals surface area contributed by atoms with Gasteiger partial charge in [0.15, 0.2) is 0 Å². The summed E-state index contributed by atoms with van der Waals surface area (Å²) in [6.45, 7) is -1.40. The third-order valence-electron chi connectivity index (χ3n) is 6.19. The van der Waals surface area contributed by atoms with Crippen LogP contribution in [0.5, 0.6) is 0 Å². The molecule has 0 spiro atoms. The maximum atomic E-state index is 15.3. The lowest BCUT2D eigenvalue weighted by atomic mass is 9.92. The Hall–Kier alpha value is -2.51. The predicted octanol–water partition coefficient (Wildman–Crippen LogP) is 5.34. The molecular weight excluding hydrogens is 471 g/mol. The highest BCUT2D eigenvalue weighted by atomic mass is 79.9. The number of aromatic nitrogens is 2. The van der Waals surface area contributed by atoms with Crippen LogP contribution in [-0.2, 0) is 7.05 Å². The van der Waals surface area contributed by atoms with Crippen molar-refractivity contribution in [1.29, 1.82) is 0 Å². The molecule has 3 heterocycles. The average molecular weight is 505 g/mol. The highest BCUT2D eigenvalue weighted by Gasteiger charge is 2.25. The van der Waals surface area contributed by atoms with Crippen molar-refractivity contribution in [2.45, 2.75) is 26.3 Å². The molecule has 1 atom stereocenters. The number of aryl methyl sites for hydroxylation is 2. The molecule has 0 unspecified atom stereocenters. The van der Waals surface area contributed by atoms with Gasteiger partial charge in [0.1, 0.15) is 11.5 Å². The molecule has 168 valence electrons. The van der Waals surface area contributed by atoms with Crippen LogP contribution in [0.4, 0.5) is 4.39 Å². The van der Waals surface area contributed by atoms with Gasteiger partial charge in [-0.25, -0.2) is 9.37 Å². The molecule has 32 heavy (non-hydrogen) atoms. The second-order valence-electron chi connectivity index (χ2n) is 8.10. The third-order valence-corrected chi connectivity index (χ3v) is 6.88. The largest absolute Gasteiger partial charge is 0.345 e. The number of pyridine rings is 1. The van der Waals surface area contributed by atoms with Crippen molar-refractivity contribution in [3.8, 4) is 0 Å². The van der Waals surface area contributed by atoms with Crippen LogP contribution in [0.15, 0.2) is 41.0 Å². The first-order valence-electron chi connectivity index (χ1n) is 13.3. The number of carbonyl (C=O) groups excluding carboxylic acids is 1. The molecule has 0 N–H and O–H groups in total. The Kier molecular flexibility index (Phi) is 4.44. The van der Waals surface area contributed by atoms with Gasteiger partial charge in [0.25, 0.3) is 5.91 Å². The van der Waals surface area contributed by atoms with E-state index in [1.807, 2.05) is 19.2 Å². The van der Waals surface area contributed by atoms with Gasteiger partial charge in [-0.2, -0.15) is 0 Å². The van der Waals surface area contributed by atoms with E-state index in [4.69, 9.17) is 8.22 Å². The van der Waals surface area contributed by atoms with Gasteiger partial charge in [0.2, 0.25) is 0 Å². The standard InChI is InChI=1S/C25H28BrFN4O/c1-15-12-18(25(32)29(3)4)13-21(27)23(15)17-7-10-31(11-8-17)16(2)22-14-19-20(26)6-9-28-24(19)30(22)5/h6-7,9,12-14,16H,8,10-11H2,1-5H3/t16-/m0/s1/i3D3,4D3. The van der Waals surface area contributed by atoms with Crippen molar-refractivity contribution in [2.75, 3.05) is 27.0 Å². The number of hydrogen-bond acceptors (Lipinski definition) is 3. The Labute approximate surface area is 205 Å². The molecule has 0 bridgehead atoms. The summed E-state index contributed by atoms with van der Waals surface area (Å²) in [7, 11) is 1.99. The van der Waals surface area contributed by atoms with Gasteiger partial charge >= 0.3 is 0 Å². The fourth-order valence-electron chi connectivity index (χ4n) is 4.46. The van der Waals surface area contributed by atoms with Crippen LogP contribution in [0.1, 0.15) is 54.8 Å². The van der Waals surface area contributed by atoms with Crippen molar-refractivity contribution in [2.24, 2.45) is 7.05 Å². The van der Waals surface area contributed by atoms with Crippen molar-refractivity contribution in [3.05, 3.63) is 69.2 Å². The van der Waals surface area contributed by atoms with Gasteiger partial charge in [-0.3, -0.25) is 9.69 Å². The van der Waals surface area contributed by atoms with E-state index in [0.29, 0.717) is 30.6 Å².